The summed E-state index contributed by atoms with van der Waals surface area (Å²) in [7, 11) is 3.41. The van der Waals surface area contributed by atoms with Crippen molar-refractivity contribution in [3.63, 3.8) is 0 Å². The molecule has 4 nitrogen and oxygen atoms in total. The van der Waals surface area contributed by atoms with Gasteiger partial charge in [0, 0.05) is 23.7 Å². The number of nitrogens with zero attached hydrogens (tertiary/aromatic N) is 1. The molecule has 2 fully saturated rings. The minimum absolute atomic E-state index is 0.176. The van der Waals surface area contributed by atoms with Gasteiger partial charge in [0.25, 0.3) is 0 Å². The van der Waals surface area contributed by atoms with E-state index in [0.29, 0.717) is 6.04 Å². The summed E-state index contributed by atoms with van der Waals surface area (Å²) in [5.74, 6) is 1.72. The fourth-order valence-corrected chi connectivity index (χ4v) is 3.51. The summed E-state index contributed by atoms with van der Waals surface area (Å²) in [5.41, 5.74) is 7.74. The Morgan fingerprint density at radius 2 is 1.90 bits per heavy atom. The monoisotopic (exact) mass is 290 g/mol. The number of ether oxygens (including phenoxy) is 2. The van der Waals surface area contributed by atoms with E-state index in [4.69, 9.17) is 15.2 Å². The van der Waals surface area contributed by atoms with E-state index in [0.717, 1.165) is 24.5 Å². The zero-order valence-electron chi connectivity index (χ0n) is 13.0. The Balaban J connectivity index is 1.97. The number of nitrogens with two attached hydrogens (primary N) is 1. The quantitative estimate of drug-likeness (QED) is 0.926. The zero-order valence-corrected chi connectivity index (χ0v) is 13.0. The largest absolute Gasteiger partial charge is 0.497 e. The molecule has 1 aliphatic carbocycles. The zero-order chi connectivity index (χ0) is 14.8. The third-order valence-electron chi connectivity index (χ3n) is 4.74. The molecule has 2 atom stereocenters. The van der Waals surface area contributed by atoms with Crippen molar-refractivity contribution in [3.8, 4) is 11.5 Å². The highest BCUT2D eigenvalue weighted by Crippen LogP contribution is 2.42. The van der Waals surface area contributed by atoms with Gasteiger partial charge in [-0.3, -0.25) is 4.90 Å². The van der Waals surface area contributed by atoms with Gasteiger partial charge in [-0.2, -0.15) is 0 Å². The van der Waals surface area contributed by atoms with Crippen LogP contribution in [0.4, 0.5) is 0 Å². The van der Waals surface area contributed by atoms with Crippen molar-refractivity contribution in [2.45, 2.75) is 50.2 Å². The lowest BCUT2D eigenvalue weighted by Gasteiger charge is -2.34. The number of likely N-dealkylation sites (tertiary alicyclic amines) is 1. The first-order valence-electron chi connectivity index (χ1n) is 7.98. The molecule has 1 aliphatic heterocycles. The normalized spacial score (nSPS) is 27.2. The summed E-state index contributed by atoms with van der Waals surface area (Å²) in [5, 5.41) is 0. The molecule has 21 heavy (non-hydrogen) atoms. The fraction of sp³-hybridized carbons (Fsp3) is 0.647. The summed E-state index contributed by atoms with van der Waals surface area (Å²) in [6.07, 6.45) is 6.17. The number of rotatable bonds is 4. The molecule has 3 rings (SSSR count). The Kier molecular flexibility index (Phi) is 4.36. The molecule has 0 bridgehead atoms. The van der Waals surface area contributed by atoms with Gasteiger partial charge in [0.2, 0.25) is 0 Å². The van der Waals surface area contributed by atoms with E-state index < -0.39 is 0 Å². The van der Waals surface area contributed by atoms with Gasteiger partial charge in [0.1, 0.15) is 11.5 Å². The number of hydrogen-bond acceptors (Lipinski definition) is 4. The van der Waals surface area contributed by atoms with Gasteiger partial charge in [-0.1, -0.05) is 12.5 Å². The Hall–Kier alpha value is -1.26. The molecule has 1 saturated heterocycles. The Bertz CT molecular complexity index is 488. The van der Waals surface area contributed by atoms with Crippen molar-refractivity contribution in [2.75, 3.05) is 20.8 Å². The summed E-state index contributed by atoms with van der Waals surface area (Å²) >= 11 is 0. The van der Waals surface area contributed by atoms with Crippen molar-refractivity contribution in [3.05, 3.63) is 23.8 Å². The SMILES string of the molecule is COc1ccc(C2C(N)CCCCN2C2CC2)c(OC)c1. The lowest BCUT2D eigenvalue weighted by Crippen LogP contribution is -2.41. The molecule has 2 aliphatic rings. The summed E-state index contributed by atoms with van der Waals surface area (Å²) in [6.45, 7) is 1.15. The second-order valence-electron chi connectivity index (χ2n) is 6.18. The number of benzene rings is 1. The van der Waals surface area contributed by atoms with Crippen molar-refractivity contribution in [1.29, 1.82) is 0 Å². The molecule has 116 valence electrons. The van der Waals surface area contributed by atoms with Gasteiger partial charge in [-0.25, -0.2) is 0 Å². The van der Waals surface area contributed by atoms with Crippen LogP contribution in [-0.4, -0.2) is 37.7 Å². The van der Waals surface area contributed by atoms with Crippen molar-refractivity contribution in [1.82, 2.24) is 4.90 Å². The van der Waals surface area contributed by atoms with Gasteiger partial charge >= 0.3 is 0 Å². The molecular weight excluding hydrogens is 264 g/mol. The molecule has 4 heteroatoms. The molecule has 1 aromatic carbocycles. The highest BCUT2D eigenvalue weighted by molar-refractivity contribution is 5.43. The van der Waals surface area contributed by atoms with Gasteiger partial charge in [-0.05, 0) is 38.3 Å². The van der Waals surface area contributed by atoms with Crippen molar-refractivity contribution >= 4 is 0 Å². The molecule has 1 heterocycles. The van der Waals surface area contributed by atoms with Gasteiger partial charge in [0.15, 0.2) is 0 Å². The highest BCUT2D eigenvalue weighted by Gasteiger charge is 2.39. The van der Waals surface area contributed by atoms with E-state index in [2.05, 4.69) is 11.0 Å². The van der Waals surface area contributed by atoms with Crippen molar-refractivity contribution < 1.29 is 9.47 Å². The maximum atomic E-state index is 6.53. The standard InChI is InChI=1S/C17H26N2O2/c1-20-13-8-9-14(16(11-13)21-2)17-15(18)5-3-4-10-19(17)12-6-7-12/h8-9,11-12,15,17H,3-7,10,18H2,1-2H3. The highest BCUT2D eigenvalue weighted by atomic mass is 16.5. The summed E-state index contributed by atoms with van der Waals surface area (Å²) in [6, 6.07) is 7.27. The Morgan fingerprint density at radius 1 is 1.10 bits per heavy atom. The molecule has 0 spiro atoms. The number of hydrogen-bond donors (Lipinski definition) is 1. The second kappa shape index (κ2) is 6.24. The summed E-state index contributed by atoms with van der Waals surface area (Å²) in [4.78, 5) is 2.61. The third kappa shape index (κ3) is 3.01. The molecule has 1 aromatic rings. The van der Waals surface area contributed by atoms with Crippen LogP contribution in [0.2, 0.25) is 0 Å². The average molecular weight is 290 g/mol. The predicted octanol–water partition coefficient (Wildman–Crippen LogP) is 2.72. The topological polar surface area (TPSA) is 47.7 Å². The van der Waals surface area contributed by atoms with Crippen LogP contribution in [0.5, 0.6) is 11.5 Å². The van der Waals surface area contributed by atoms with E-state index in [1.165, 1.54) is 31.2 Å². The van der Waals surface area contributed by atoms with E-state index >= 15 is 0 Å². The first-order chi connectivity index (χ1) is 10.2. The van der Waals surface area contributed by atoms with Crippen LogP contribution < -0.4 is 15.2 Å². The second-order valence-corrected chi connectivity index (χ2v) is 6.18. The molecule has 2 unspecified atom stereocenters. The molecule has 0 radical (unpaired) electrons. The van der Waals surface area contributed by atoms with Crippen LogP contribution in [0.1, 0.15) is 43.7 Å². The van der Waals surface area contributed by atoms with Crippen LogP contribution in [0.3, 0.4) is 0 Å². The maximum Gasteiger partial charge on any atom is 0.127 e. The first-order valence-corrected chi connectivity index (χ1v) is 7.98. The van der Waals surface area contributed by atoms with Crippen LogP contribution >= 0.6 is 0 Å². The average Bonchev–Trinajstić information content (AvgIpc) is 3.34. The smallest absolute Gasteiger partial charge is 0.127 e. The van der Waals surface area contributed by atoms with E-state index in [-0.39, 0.29) is 12.1 Å². The Morgan fingerprint density at radius 3 is 2.57 bits per heavy atom. The van der Waals surface area contributed by atoms with Crippen LogP contribution in [0, 0.1) is 0 Å². The van der Waals surface area contributed by atoms with Crippen LogP contribution in [0.25, 0.3) is 0 Å². The van der Waals surface area contributed by atoms with Crippen molar-refractivity contribution in [2.24, 2.45) is 5.73 Å². The van der Waals surface area contributed by atoms with Crippen LogP contribution in [-0.2, 0) is 0 Å². The minimum Gasteiger partial charge on any atom is -0.497 e. The predicted molar refractivity (Wildman–Crippen MR) is 83.8 cm³/mol. The van der Waals surface area contributed by atoms with Crippen LogP contribution in [0.15, 0.2) is 18.2 Å². The number of methoxy groups -OCH3 is 2. The maximum absolute atomic E-state index is 6.53. The summed E-state index contributed by atoms with van der Waals surface area (Å²) < 4.78 is 10.9. The van der Waals surface area contributed by atoms with E-state index in [9.17, 15) is 0 Å². The fourth-order valence-electron chi connectivity index (χ4n) is 3.51. The molecule has 0 aromatic heterocycles. The molecule has 2 N–H and O–H groups in total. The van der Waals surface area contributed by atoms with Gasteiger partial charge in [0.05, 0.1) is 20.3 Å². The van der Waals surface area contributed by atoms with E-state index in [1.54, 1.807) is 14.2 Å². The Labute approximate surface area is 127 Å². The lowest BCUT2D eigenvalue weighted by atomic mass is 9.95. The third-order valence-corrected chi connectivity index (χ3v) is 4.74. The van der Waals surface area contributed by atoms with E-state index in [1.807, 2.05) is 12.1 Å². The minimum atomic E-state index is 0.176. The molecule has 1 saturated carbocycles. The first kappa shape index (κ1) is 14.7. The lowest BCUT2D eigenvalue weighted by molar-refractivity contribution is 0.172. The van der Waals surface area contributed by atoms with Gasteiger partial charge < -0.3 is 15.2 Å². The molecular formula is C17H26N2O2. The van der Waals surface area contributed by atoms with Gasteiger partial charge in [-0.15, -0.1) is 0 Å². The molecule has 0 amide bonds.